The fraction of sp³-hybridized carbons (Fsp3) is 0.480. The summed E-state index contributed by atoms with van der Waals surface area (Å²) in [7, 11) is 3.18. The third kappa shape index (κ3) is 5.27. The summed E-state index contributed by atoms with van der Waals surface area (Å²) in [6.07, 6.45) is 4.92. The third-order valence-electron chi connectivity index (χ3n) is 6.01. The van der Waals surface area contributed by atoms with Gasteiger partial charge in [-0.2, -0.15) is 4.98 Å². The molecule has 0 amide bonds. The molecular formula is C25H33N7O3. The monoisotopic (exact) mass is 479 g/mol. The van der Waals surface area contributed by atoms with Crippen molar-refractivity contribution >= 4 is 11.8 Å². The lowest BCUT2D eigenvalue weighted by Gasteiger charge is -2.22. The predicted octanol–water partition coefficient (Wildman–Crippen LogP) is 3.18. The van der Waals surface area contributed by atoms with Crippen molar-refractivity contribution in [3.05, 3.63) is 42.0 Å². The molecule has 186 valence electrons. The van der Waals surface area contributed by atoms with Crippen LogP contribution in [0.2, 0.25) is 0 Å². The molecule has 0 aliphatic carbocycles. The summed E-state index contributed by atoms with van der Waals surface area (Å²) in [5.41, 5.74) is 3.30. The van der Waals surface area contributed by atoms with Crippen molar-refractivity contribution in [3.8, 4) is 23.0 Å². The van der Waals surface area contributed by atoms with Crippen LogP contribution >= 0.6 is 0 Å². The van der Waals surface area contributed by atoms with Gasteiger partial charge in [0.05, 0.1) is 49.0 Å². The zero-order valence-electron chi connectivity index (χ0n) is 21.0. The van der Waals surface area contributed by atoms with Gasteiger partial charge >= 0.3 is 0 Å². The van der Waals surface area contributed by atoms with E-state index in [4.69, 9.17) is 24.2 Å². The molecule has 10 nitrogen and oxygen atoms in total. The molecule has 2 atom stereocenters. The van der Waals surface area contributed by atoms with Crippen molar-refractivity contribution in [2.24, 2.45) is 0 Å². The zero-order valence-corrected chi connectivity index (χ0v) is 21.0. The van der Waals surface area contributed by atoms with Crippen LogP contribution in [-0.4, -0.2) is 71.0 Å². The summed E-state index contributed by atoms with van der Waals surface area (Å²) in [4.78, 5) is 25.4. The van der Waals surface area contributed by atoms with E-state index in [1.54, 1.807) is 26.6 Å². The van der Waals surface area contributed by atoms with Crippen LogP contribution in [0.4, 0.5) is 11.8 Å². The predicted molar refractivity (Wildman–Crippen MR) is 134 cm³/mol. The Kier molecular flexibility index (Phi) is 7.91. The summed E-state index contributed by atoms with van der Waals surface area (Å²) in [6.45, 7) is 8.20. The van der Waals surface area contributed by atoms with Crippen molar-refractivity contribution in [2.75, 3.05) is 44.1 Å². The van der Waals surface area contributed by atoms with Gasteiger partial charge in [0.2, 0.25) is 17.7 Å². The van der Waals surface area contributed by atoms with E-state index in [0.717, 1.165) is 34.9 Å². The number of hydrogen-bond donors (Lipinski definition) is 1. The largest absolute Gasteiger partial charge is 0.481 e. The highest BCUT2D eigenvalue weighted by Crippen LogP contribution is 2.33. The first kappa shape index (κ1) is 24.6. The molecule has 2 unspecified atom stereocenters. The molecule has 1 fully saturated rings. The molecule has 0 bridgehead atoms. The van der Waals surface area contributed by atoms with Gasteiger partial charge in [-0.3, -0.25) is 0 Å². The first-order valence-corrected chi connectivity index (χ1v) is 12.0. The summed E-state index contributed by atoms with van der Waals surface area (Å²) in [5.74, 6) is 2.42. The molecule has 0 saturated carbocycles. The lowest BCUT2D eigenvalue weighted by atomic mass is 10.1. The average Bonchev–Trinajstić information content (AvgIpc) is 3.31. The molecule has 1 saturated heterocycles. The van der Waals surface area contributed by atoms with Crippen molar-refractivity contribution in [1.82, 2.24) is 24.9 Å². The Morgan fingerprint density at radius 3 is 2.37 bits per heavy atom. The van der Waals surface area contributed by atoms with Gasteiger partial charge < -0.3 is 24.4 Å². The lowest BCUT2D eigenvalue weighted by Crippen LogP contribution is -2.35. The Labute approximate surface area is 206 Å². The van der Waals surface area contributed by atoms with Crippen LogP contribution < -0.4 is 19.7 Å². The summed E-state index contributed by atoms with van der Waals surface area (Å²) in [6, 6.07) is 5.56. The van der Waals surface area contributed by atoms with Gasteiger partial charge in [-0.25, -0.2) is 19.9 Å². The van der Waals surface area contributed by atoms with Crippen molar-refractivity contribution < 1.29 is 14.2 Å². The van der Waals surface area contributed by atoms with Crippen LogP contribution in [-0.2, 0) is 17.6 Å². The smallest absolute Gasteiger partial charge is 0.226 e. The first-order chi connectivity index (χ1) is 17.1. The van der Waals surface area contributed by atoms with Crippen LogP contribution in [0, 0.1) is 0 Å². The van der Waals surface area contributed by atoms with Gasteiger partial charge in [0.15, 0.2) is 0 Å². The highest BCUT2D eigenvalue weighted by Gasteiger charge is 2.35. The number of nitrogens with one attached hydrogen (secondary N) is 1. The second kappa shape index (κ2) is 11.3. The average molecular weight is 480 g/mol. The standard InChI is InChI=1S/C25H33N7O3/c1-6-17-22(16-10-11-21(33-4)31-24(16)34-5)28-18(7-2)23(29-17)30-19-14-32(15-20(19)35-8-3)25-26-12-9-13-27-25/h9-13,19-20H,6-8,14-15H2,1-5H3,(H,29,30). The Morgan fingerprint density at radius 2 is 1.71 bits per heavy atom. The number of nitrogens with zero attached hydrogens (tertiary/aromatic N) is 6. The van der Waals surface area contributed by atoms with E-state index >= 15 is 0 Å². The highest BCUT2D eigenvalue weighted by atomic mass is 16.5. The first-order valence-electron chi connectivity index (χ1n) is 12.0. The number of aromatic nitrogens is 5. The normalized spacial score (nSPS) is 17.5. The second-order valence-corrected chi connectivity index (χ2v) is 8.13. The molecule has 10 heteroatoms. The van der Waals surface area contributed by atoms with Crippen LogP contribution in [0.15, 0.2) is 30.6 Å². The molecule has 0 spiro atoms. The molecule has 1 aliphatic heterocycles. The Morgan fingerprint density at radius 1 is 0.943 bits per heavy atom. The van der Waals surface area contributed by atoms with Crippen molar-refractivity contribution in [3.63, 3.8) is 0 Å². The van der Waals surface area contributed by atoms with E-state index < -0.39 is 0 Å². The number of methoxy groups -OCH3 is 2. The number of ether oxygens (including phenoxy) is 3. The minimum atomic E-state index is -0.0223. The molecule has 3 aromatic rings. The molecule has 3 aromatic heterocycles. The molecule has 0 aromatic carbocycles. The fourth-order valence-corrected chi connectivity index (χ4v) is 4.29. The molecule has 1 N–H and O–H groups in total. The van der Waals surface area contributed by atoms with Gasteiger partial charge in [-0.1, -0.05) is 13.8 Å². The molecule has 4 rings (SSSR count). The summed E-state index contributed by atoms with van der Waals surface area (Å²) < 4.78 is 16.9. The minimum Gasteiger partial charge on any atom is -0.481 e. The van der Waals surface area contributed by atoms with Gasteiger partial charge in [0.25, 0.3) is 0 Å². The minimum absolute atomic E-state index is 0.0195. The topological polar surface area (TPSA) is 107 Å². The molecule has 4 heterocycles. The summed E-state index contributed by atoms with van der Waals surface area (Å²) in [5, 5.41) is 3.63. The van der Waals surface area contributed by atoms with Crippen LogP contribution in [0.3, 0.4) is 0 Å². The van der Waals surface area contributed by atoms with Gasteiger partial charge in [0, 0.05) is 38.2 Å². The van der Waals surface area contributed by atoms with Crippen molar-refractivity contribution in [1.29, 1.82) is 0 Å². The number of anilines is 2. The maximum absolute atomic E-state index is 6.07. The highest BCUT2D eigenvalue weighted by molar-refractivity contribution is 5.69. The van der Waals surface area contributed by atoms with E-state index in [1.807, 2.05) is 25.1 Å². The maximum Gasteiger partial charge on any atom is 0.226 e. The third-order valence-corrected chi connectivity index (χ3v) is 6.01. The Balaban J connectivity index is 1.66. The number of aryl methyl sites for hydroxylation is 2. The number of rotatable bonds is 10. The van der Waals surface area contributed by atoms with Crippen LogP contribution in [0.1, 0.15) is 32.2 Å². The van der Waals surface area contributed by atoms with E-state index in [1.165, 1.54) is 0 Å². The maximum atomic E-state index is 6.07. The van der Waals surface area contributed by atoms with Crippen LogP contribution in [0.25, 0.3) is 11.3 Å². The molecular weight excluding hydrogens is 446 g/mol. The Hall–Kier alpha value is -3.53. The van der Waals surface area contributed by atoms with E-state index in [0.29, 0.717) is 43.8 Å². The van der Waals surface area contributed by atoms with Gasteiger partial charge in [0.1, 0.15) is 5.82 Å². The molecule has 0 radical (unpaired) electrons. The van der Waals surface area contributed by atoms with Crippen molar-refractivity contribution in [2.45, 2.75) is 45.8 Å². The quantitative estimate of drug-likeness (QED) is 0.466. The molecule has 35 heavy (non-hydrogen) atoms. The van der Waals surface area contributed by atoms with E-state index in [2.05, 4.69) is 39.0 Å². The van der Waals surface area contributed by atoms with E-state index in [-0.39, 0.29) is 12.1 Å². The van der Waals surface area contributed by atoms with Gasteiger partial charge in [-0.05, 0) is 31.9 Å². The molecule has 1 aliphatic rings. The van der Waals surface area contributed by atoms with Crippen LogP contribution in [0.5, 0.6) is 11.8 Å². The zero-order chi connectivity index (χ0) is 24.8. The fourth-order valence-electron chi connectivity index (χ4n) is 4.29. The van der Waals surface area contributed by atoms with Gasteiger partial charge in [-0.15, -0.1) is 0 Å². The SMILES string of the molecule is CCOC1CN(c2ncccn2)CC1Nc1nc(CC)c(-c2ccc(OC)nc2OC)nc1CC. The number of hydrogen-bond acceptors (Lipinski definition) is 10. The Bertz CT molecular complexity index is 1130. The summed E-state index contributed by atoms with van der Waals surface area (Å²) >= 11 is 0. The second-order valence-electron chi connectivity index (χ2n) is 8.13. The van der Waals surface area contributed by atoms with E-state index in [9.17, 15) is 0 Å². The lowest BCUT2D eigenvalue weighted by molar-refractivity contribution is 0.0719. The number of pyridine rings is 1.